The molecular weight excluding hydrogens is 231 g/mol. The zero-order valence-corrected chi connectivity index (χ0v) is 9.60. The third-order valence-corrected chi connectivity index (χ3v) is 2.56. The number of ketones is 2. The maximum atomic E-state index is 13.0. The van der Waals surface area contributed by atoms with E-state index in [9.17, 15) is 14.0 Å². The molecule has 0 bridgehead atoms. The number of rotatable bonds is 4. The highest BCUT2D eigenvalue weighted by Crippen LogP contribution is 2.10. The lowest BCUT2D eigenvalue weighted by Crippen LogP contribution is -2.08. The van der Waals surface area contributed by atoms with Gasteiger partial charge in [0.1, 0.15) is 5.82 Å². The van der Waals surface area contributed by atoms with Crippen LogP contribution >= 0.6 is 0 Å². The van der Waals surface area contributed by atoms with Crippen LogP contribution < -0.4 is 0 Å². The highest BCUT2D eigenvalue weighted by Gasteiger charge is 2.13. The summed E-state index contributed by atoms with van der Waals surface area (Å²) < 4.78 is 13.0. The number of hydrogen-bond donors (Lipinski definition) is 0. The lowest BCUT2D eigenvalue weighted by atomic mass is 10.0. The van der Waals surface area contributed by atoms with E-state index in [1.165, 1.54) is 18.2 Å². The number of carbonyl (C=O) groups excluding carboxylic acids is 2. The van der Waals surface area contributed by atoms with E-state index in [2.05, 4.69) is 0 Å². The first-order valence-corrected chi connectivity index (χ1v) is 5.54. The number of halogens is 1. The van der Waals surface area contributed by atoms with Crippen molar-refractivity contribution in [3.8, 4) is 0 Å². The fourth-order valence-corrected chi connectivity index (χ4v) is 1.64. The zero-order chi connectivity index (χ0) is 13.0. The molecule has 0 radical (unpaired) electrons. The van der Waals surface area contributed by atoms with Crippen molar-refractivity contribution in [2.45, 2.75) is 6.42 Å². The normalized spacial score (nSPS) is 10.1. The molecule has 3 heteroatoms. The summed E-state index contributed by atoms with van der Waals surface area (Å²) in [6, 6.07) is 13.9. The Balaban J connectivity index is 2.11. The highest BCUT2D eigenvalue weighted by atomic mass is 19.1. The predicted molar refractivity (Wildman–Crippen MR) is 66.1 cm³/mol. The van der Waals surface area contributed by atoms with Crippen LogP contribution in [0.3, 0.4) is 0 Å². The first-order valence-electron chi connectivity index (χ1n) is 5.54. The van der Waals surface area contributed by atoms with Crippen molar-refractivity contribution < 1.29 is 14.0 Å². The van der Waals surface area contributed by atoms with Crippen molar-refractivity contribution in [1.29, 1.82) is 0 Å². The van der Waals surface area contributed by atoms with Crippen LogP contribution in [0.1, 0.15) is 27.1 Å². The van der Waals surface area contributed by atoms with E-state index in [-0.39, 0.29) is 23.6 Å². The van der Waals surface area contributed by atoms with E-state index in [1.807, 2.05) is 0 Å². The topological polar surface area (TPSA) is 34.1 Å². The maximum Gasteiger partial charge on any atom is 0.170 e. The second-order valence-electron chi connectivity index (χ2n) is 3.90. The molecule has 0 N–H and O–H groups in total. The third-order valence-electron chi connectivity index (χ3n) is 2.56. The van der Waals surface area contributed by atoms with E-state index in [0.717, 1.165) is 6.07 Å². The molecule has 0 aliphatic heterocycles. The van der Waals surface area contributed by atoms with Gasteiger partial charge in [-0.2, -0.15) is 0 Å². The number of carbonyl (C=O) groups is 2. The van der Waals surface area contributed by atoms with Gasteiger partial charge in [-0.05, 0) is 12.1 Å². The standard InChI is InChI=1S/C15H11FO2/c16-13-8-4-7-12(9-13)15(18)10-14(17)11-5-2-1-3-6-11/h1-9H,10H2. The second-order valence-corrected chi connectivity index (χ2v) is 3.90. The Morgan fingerprint density at radius 3 is 2.11 bits per heavy atom. The lowest BCUT2D eigenvalue weighted by molar-refractivity contribution is 0.0894. The second kappa shape index (κ2) is 5.36. The van der Waals surface area contributed by atoms with Crippen molar-refractivity contribution in [3.63, 3.8) is 0 Å². The minimum atomic E-state index is -0.479. The Morgan fingerprint density at radius 1 is 0.833 bits per heavy atom. The molecule has 0 unspecified atom stereocenters. The molecule has 0 saturated heterocycles. The third kappa shape index (κ3) is 2.88. The molecule has 18 heavy (non-hydrogen) atoms. The fourth-order valence-electron chi connectivity index (χ4n) is 1.64. The number of benzene rings is 2. The molecule has 0 spiro atoms. The Labute approximate surface area is 104 Å². The van der Waals surface area contributed by atoms with Gasteiger partial charge in [0.2, 0.25) is 0 Å². The van der Waals surface area contributed by atoms with Gasteiger partial charge in [-0.3, -0.25) is 9.59 Å². The molecule has 0 saturated carbocycles. The van der Waals surface area contributed by atoms with Gasteiger partial charge < -0.3 is 0 Å². The van der Waals surface area contributed by atoms with Gasteiger partial charge >= 0.3 is 0 Å². The molecule has 0 aliphatic rings. The van der Waals surface area contributed by atoms with Gasteiger partial charge in [0, 0.05) is 11.1 Å². The smallest absolute Gasteiger partial charge is 0.170 e. The van der Waals surface area contributed by atoms with E-state index >= 15 is 0 Å². The minimum absolute atomic E-state index is 0.222. The Hall–Kier alpha value is -2.29. The Bertz CT molecular complexity index is 576. The molecule has 0 atom stereocenters. The largest absolute Gasteiger partial charge is 0.294 e. The van der Waals surface area contributed by atoms with E-state index in [0.29, 0.717) is 5.56 Å². The van der Waals surface area contributed by atoms with Crippen LogP contribution in [0.25, 0.3) is 0 Å². The van der Waals surface area contributed by atoms with Crippen molar-refractivity contribution in [3.05, 3.63) is 71.5 Å². The van der Waals surface area contributed by atoms with Crippen LogP contribution in [-0.2, 0) is 0 Å². The molecule has 0 fully saturated rings. The first-order chi connectivity index (χ1) is 8.66. The molecule has 0 aromatic heterocycles. The van der Waals surface area contributed by atoms with Crippen molar-refractivity contribution in [2.75, 3.05) is 0 Å². The van der Waals surface area contributed by atoms with Crippen LogP contribution in [0.5, 0.6) is 0 Å². The van der Waals surface area contributed by atoms with Crippen LogP contribution in [0, 0.1) is 5.82 Å². The molecule has 0 amide bonds. The van der Waals surface area contributed by atoms with Crippen LogP contribution in [0.4, 0.5) is 4.39 Å². The highest BCUT2D eigenvalue weighted by molar-refractivity contribution is 6.13. The summed E-state index contributed by atoms with van der Waals surface area (Å²) in [5.41, 5.74) is 0.710. The molecule has 0 aliphatic carbocycles. The molecule has 2 rings (SSSR count). The molecule has 0 heterocycles. The summed E-state index contributed by atoms with van der Waals surface area (Å²) in [5.74, 6) is -1.11. The van der Waals surface area contributed by atoms with Crippen molar-refractivity contribution in [2.24, 2.45) is 0 Å². The summed E-state index contributed by atoms with van der Waals surface area (Å²) in [6.07, 6.45) is -0.243. The van der Waals surface area contributed by atoms with Gasteiger partial charge in [0.25, 0.3) is 0 Å². The average molecular weight is 242 g/mol. The summed E-state index contributed by atoms with van der Waals surface area (Å²) >= 11 is 0. The van der Waals surface area contributed by atoms with E-state index in [1.54, 1.807) is 30.3 Å². The van der Waals surface area contributed by atoms with Gasteiger partial charge in [-0.15, -0.1) is 0 Å². The Kier molecular flexibility index (Phi) is 3.63. The van der Waals surface area contributed by atoms with Gasteiger partial charge in [-0.25, -0.2) is 4.39 Å². The monoisotopic (exact) mass is 242 g/mol. The average Bonchev–Trinajstić information content (AvgIpc) is 2.39. The van der Waals surface area contributed by atoms with Crippen LogP contribution in [-0.4, -0.2) is 11.6 Å². The van der Waals surface area contributed by atoms with Gasteiger partial charge in [-0.1, -0.05) is 42.5 Å². The van der Waals surface area contributed by atoms with Crippen molar-refractivity contribution in [1.82, 2.24) is 0 Å². The zero-order valence-electron chi connectivity index (χ0n) is 9.60. The van der Waals surface area contributed by atoms with Crippen LogP contribution in [0.2, 0.25) is 0 Å². The van der Waals surface area contributed by atoms with Gasteiger partial charge in [0.05, 0.1) is 6.42 Å². The minimum Gasteiger partial charge on any atom is -0.294 e. The molecule has 2 nitrogen and oxygen atoms in total. The Morgan fingerprint density at radius 2 is 1.44 bits per heavy atom. The fraction of sp³-hybridized carbons (Fsp3) is 0.0667. The molecular formula is C15H11FO2. The molecule has 2 aromatic carbocycles. The first kappa shape index (κ1) is 12.2. The SMILES string of the molecule is O=C(CC(=O)c1cccc(F)c1)c1ccccc1. The quantitative estimate of drug-likeness (QED) is 0.609. The maximum absolute atomic E-state index is 13.0. The van der Waals surface area contributed by atoms with Gasteiger partial charge in [0.15, 0.2) is 11.6 Å². The van der Waals surface area contributed by atoms with E-state index in [4.69, 9.17) is 0 Å². The molecule has 2 aromatic rings. The number of Topliss-reactive ketones (excluding diaryl/α,β-unsaturated/α-hetero) is 2. The summed E-state index contributed by atoms with van der Waals surface area (Å²) in [7, 11) is 0. The summed E-state index contributed by atoms with van der Waals surface area (Å²) in [6.45, 7) is 0. The number of hydrogen-bond acceptors (Lipinski definition) is 2. The summed E-state index contributed by atoms with van der Waals surface area (Å²) in [5, 5.41) is 0. The van der Waals surface area contributed by atoms with E-state index < -0.39 is 5.82 Å². The summed E-state index contributed by atoms with van der Waals surface area (Å²) in [4.78, 5) is 23.6. The predicted octanol–water partition coefficient (Wildman–Crippen LogP) is 3.28. The molecule has 90 valence electrons. The van der Waals surface area contributed by atoms with Crippen molar-refractivity contribution >= 4 is 11.6 Å². The lowest BCUT2D eigenvalue weighted by Gasteiger charge is -2.01. The van der Waals surface area contributed by atoms with Crippen LogP contribution in [0.15, 0.2) is 54.6 Å².